The van der Waals surface area contributed by atoms with Crippen LogP contribution in [0.1, 0.15) is 0 Å². The van der Waals surface area contributed by atoms with Crippen LogP contribution >= 0.6 is 0 Å². The van der Waals surface area contributed by atoms with E-state index in [0.29, 0.717) is 0 Å². The average Bonchev–Trinajstić information content (AvgIpc) is 3.59. The van der Waals surface area contributed by atoms with Gasteiger partial charge in [0, 0.05) is 33.1 Å². The minimum absolute atomic E-state index is 1.09. The fraction of sp³-hybridized carbons (Fsp3) is 0. The van der Waals surface area contributed by atoms with Gasteiger partial charge in [-0.3, -0.25) is 0 Å². The highest BCUT2D eigenvalue weighted by molar-refractivity contribution is 6.17. The number of benzene rings is 9. The van der Waals surface area contributed by atoms with Crippen LogP contribution in [0.3, 0.4) is 0 Å². The van der Waals surface area contributed by atoms with Crippen LogP contribution in [0.4, 0.5) is 17.1 Å². The van der Waals surface area contributed by atoms with E-state index < -0.39 is 0 Å². The van der Waals surface area contributed by atoms with Crippen LogP contribution in [0.15, 0.2) is 218 Å². The van der Waals surface area contributed by atoms with Crippen molar-refractivity contribution in [2.75, 3.05) is 4.90 Å². The zero-order valence-electron chi connectivity index (χ0n) is 29.7. The van der Waals surface area contributed by atoms with Gasteiger partial charge in [0.2, 0.25) is 0 Å². The predicted octanol–water partition coefficient (Wildman–Crippen LogP) is 14.4. The molecule has 254 valence electrons. The molecule has 0 aliphatic carbocycles. The van der Waals surface area contributed by atoms with E-state index in [1.807, 2.05) is 0 Å². The van der Waals surface area contributed by atoms with Gasteiger partial charge in [0.05, 0.1) is 22.4 Å². The topological polar surface area (TPSA) is 8.17 Å². The third-order valence-corrected chi connectivity index (χ3v) is 10.6. The molecule has 10 rings (SSSR count). The van der Waals surface area contributed by atoms with Gasteiger partial charge >= 0.3 is 0 Å². The largest absolute Gasteiger partial charge is 0.309 e. The van der Waals surface area contributed by atoms with Crippen molar-refractivity contribution < 1.29 is 0 Å². The summed E-state index contributed by atoms with van der Waals surface area (Å²) in [6.45, 7) is 0. The number of aromatic nitrogens is 1. The van der Waals surface area contributed by atoms with Crippen molar-refractivity contribution in [3.05, 3.63) is 218 Å². The molecule has 0 radical (unpaired) electrons. The summed E-state index contributed by atoms with van der Waals surface area (Å²) in [6.07, 6.45) is 0. The van der Waals surface area contributed by atoms with Crippen LogP contribution in [0, 0.1) is 0 Å². The molecule has 2 nitrogen and oxygen atoms in total. The van der Waals surface area contributed by atoms with Crippen LogP contribution < -0.4 is 4.90 Å². The maximum absolute atomic E-state index is 2.46. The molecular formula is C52H36N2. The number of para-hydroxylation sites is 2. The molecule has 0 bridgehead atoms. The highest BCUT2D eigenvalue weighted by Crippen LogP contribution is 2.47. The Morgan fingerprint density at radius 1 is 0.315 bits per heavy atom. The molecule has 0 saturated carbocycles. The van der Waals surface area contributed by atoms with Gasteiger partial charge in [-0.2, -0.15) is 0 Å². The molecule has 0 spiro atoms. The Balaban J connectivity index is 1.29. The summed E-state index contributed by atoms with van der Waals surface area (Å²) in [5.41, 5.74) is 14.0. The number of fused-ring (bicyclic) bond motifs is 4. The lowest BCUT2D eigenvalue weighted by atomic mass is 9.95. The van der Waals surface area contributed by atoms with Gasteiger partial charge in [0.1, 0.15) is 0 Å². The van der Waals surface area contributed by atoms with Gasteiger partial charge in [0.25, 0.3) is 0 Å². The molecule has 54 heavy (non-hydrogen) atoms. The van der Waals surface area contributed by atoms with Crippen LogP contribution in [0.5, 0.6) is 0 Å². The Bertz CT molecular complexity index is 2910. The SMILES string of the molecule is c1ccc(-c2ccccc2N(c2ccc3c4c(-c5ccccc5)cccc4n(-c4ccccc4)c3c2)c2ccc(-c3ccccc3)c3ccccc23)cc1. The first-order valence-electron chi connectivity index (χ1n) is 18.5. The molecule has 2 heteroatoms. The Morgan fingerprint density at radius 3 is 1.57 bits per heavy atom. The van der Waals surface area contributed by atoms with Gasteiger partial charge in [-0.05, 0) is 75.7 Å². The lowest BCUT2D eigenvalue weighted by Crippen LogP contribution is -2.12. The highest BCUT2D eigenvalue weighted by Gasteiger charge is 2.23. The van der Waals surface area contributed by atoms with Crippen molar-refractivity contribution in [3.8, 4) is 39.1 Å². The molecule has 0 aliphatic heterocycles. The first-order chi connectivity index (χ1) is 26.8. The highest BCUT2D eigenvalue weighted by atomic mass is 15.1. The second-order valence-electron chi connectivity index (χ2n) is 13.7. The van der Waals surface area contributed by atoms with Crippen molar-refractivity contribution in [1.29, 1.82) is 0 Å². The normalized spacial score (nSPS) is 11.3. The van der Waals surface area contributed by atoms with Crippen molar-refractivity contribution in [3.63, 3.8) is 0 Å². The van der Waals surface area contributed by atoms with E-state index in [-0.39, 0.29) is 0 Å². The van der Waals surface area contributed by atoms with Crippen LogP contribution in [0.25, 0.3) is 71.6 Å². The van der Waals surface area contributed by atoms with Crippen LogP contribution in [-0.4, -0.2) is 4.57 Å². The van der Waals surface area contributed by atoms with Gasteiger partial charge in [-0.15, -0.1) is 0 Å². The smallest absolute Gasteiger partial charge is 0.0562 e. The third-order valence-electron chi connectivity index (χ3n) is 10.6. The molecule has 10 aromatic rings. The lowest BCUT2D eigenvalue weighted by molar-refractivity contribution is 1.18. The summed E-state index contributed by atoms with van der Waals surface area (Å²) in [5, 5.41) is 4.88. The third kappa shape index (κ3) is 5.36. The standard InChI is InChI=1S/C52H36N2/c1-5-18-37(19-6-1)42-34-35-49(46-28-14-13-27-45(42)46)54(48-30-16-15-26-43(48)38-20-7-2-8-21-38)41-32-33-47-51(36-41)53(40-24-11-4-12-25-40)50-31-17-29-44(52(47)50)39-22-9-3-10-23-39/h1-36H. The Hall–Kier alpha value is -7.16. The Morgan fingerprint density at radius 2 is 0.870 bits per heavy atom. The summed E-state index contributed by atoms with van der Waals surface area (Å²) in [5.74, 6) is 0. The van der Waals surface area contributed by atoms with Crippen molar-refractivity contribution in [1.82, 2.24) is 4.57 Å². The molecule has 9 aromatic carbocycles. The first kappa shape index (κ1) is 31.6. The molecule has 0 aliphatic rings. The minimum atomic E-state index is 1.09. The number of nitrogens with zero attached hydrogens (tertiary/aromatic N) is 2. The number of hydrogen-bond donors (Lipinski definition) is 0. The van der Waals surface area contributed by atoms with E-state index in [4.69, 9.17) is 0 Å². The number of hydrogen-bond acceptors (Lipinski definition) is 1. The molecule has 0 fully saturated rings. The quantitative estimate of drug-likeness (QED) is 0.162. The molecule has 0 atom stereocenters. The zero-order valence-corrected chi connectivity index (χ0v) is 29.7. The molecule has 0 N–H and O–H groups in total. The van der Waals surface area contributed by atoms with Gasteiger partial charge in [-0.25, -0.2) is 0 Å². The van der Waals surface area contributed by atoms with Gasteiger partial charge < -0.3 is 9.47 Å². The summed E-state index contributed by atoms with van der Waals surface area (Å²) >= 11 is 0. The maximum Gasteiger partial charge on any atom is 0.0562 e. The monoisotopic (exact) mass is 688 g/mol. The molecule has 0 amide bonds. The molecule has 1 aromatic heterocycles. The maximum atomic E-state index is 2.46. The minimum Gasteiger partial charge on any atom is -0.309 e. The lowest BCUT2D eigenvalue weighted by Gasteiger charge is -2.29. The van der Waals surface area contributed by atoms with Crippen molar-refractivity contribution in [2.24, 2.45) is 0 Å². The molecule has 1 heterocycles. The van der Waals surface area contributed by atoms with E-state index in [1.165, 1.54) is 60.4 Å². The molecular weight excluding hydrogens is 653 g/mol. The summed E-state index contributed by atoms with van der Waals surface area (Å²) in [6, 6.07) is 78.9. The van der Waals surface area contributed by atoms with E-state index in [0.717, 1.165) is 28.3 Å². The molecule has 0 saturated heterocycles. The van der Waals surface area contributed by atoms with Gasteiger partial charge in [-0.1, -0.05) is 176 Å². The summed E-state index contributed by atoms with van der Waals surface area (Å²) < 4.78 is 2.43. The second-order valence-corrected chi connectivity index (χ2v) is 13.7. The Kier molecular flexibility index (Phi) is 7.85. The van der Waals surface area contributed by atoms with Crippen molar-refractivity contribution >= 4 is 49.6 Å². The van der Waals surface area contributed by atoms with Gasteiger partial charge in [0.15, 0.2) is 0 Å². The number of anilines is 3. The Labute approximate surface area is 315 Å². The summed E-state index contributed by atoms with van der Waals surface area (Å²) in [4.78, 5) is 2.46. The molecule has 0 unspecified atom stereocenters. The fourth-order valence-corrected chi connectivity index (χ4v) is 8.19. The van der Waals surface area contributed by atoms with E-state index >= 15 is 0 Å². The predicted molar refractivity (Wildman–Crippen MR) is 229 cm³/mol. The van der Waals surface area contributed by atoms with E-state index in [2.05, 4.69) is 228 Å². The van der Waals surface area contributed by atoms with Crippen LogP contribution in [0.2, 0.25) is 0 Å². The van der Waals surface area contributed by atoms with Crippen LogP contribution in [-0.2, 0) is 0 Å². The summed E-state index contributed by atoms with van der Waals surface area (Å²) in [7, 11) is 0. The van der Waals surface area contributed by atoms with E-state index in [1.54, 1.807) is 0 Å². The second kappa shape index (κ2) is 13.4. The van der Waals surface area contributed by atoms with Crippen molar-refractivity contribution in [2.45, 2.75) is 0 Å². The van der Waals surface area contributed by atoms with E-state index in [9.17, 15) is 0 Å². The average molecular weight is 689 g/mol. The fourth-order valence-electron chi connectivity index (χ4n) is 8.19. The zero-order chi connectivity index (χ0) is 35.8. The number of rotatable bonds is 7. The first-order valence-corrected chi connectivity index (χ1v) is 18.5.